The van der Waals surface area contributed by atoms with Crippen molar-refractivity contribution in [3.8, 4) is 28.5 Å². The van der Waals surface area contributed by atoms with Crippen molar-refractivity contribution in [1.29, 1.82) is 0 Å². The van der Waals surface area contributed by atoms with Crippen LogP contribution in [0.4, 0.5) is 0 Å². The van der Waals surface area contributed by atoms with E-state index in [0.717, 1.165) is 27.7 Å². The maximum absolute atomic E-state index is 14.0. The summed E-state index contributed by atoms with van der Waals surface area (Å²) in [6.07, 6.45) is 1.15. The first kappa shape index (κ1) is 26.4. The van der Waals surface area contributed by atoms with Crippen LogP contribution < -0.4 is 15.0 Å². The van der Waals surface area contributed by atoms with Gasteiger partial charge in [0.05, 0.1) is 40.2 Å². The molecule has 0 bridgehead atoms. The number of nitrogens with zero attached hydrogens (tertiary/aromatic N) is 2. The Bertz CT molecular complexity index is 1660. The van der Waals surface area contributed by atoms with E-state index < -0.39 is 11.5 Å². The summed E-state index contributed by atoms with van der Waals surface area (Å²) in [5, 5.41) is 22.1. The Morgan fingerprint density at radius 3 is 2.54 bits per heavy atom. The lowest BCUT2D eigenvalue weighted by Crippen LogP contribution is -2.30. The molecule has 5 rings (SSSR count). The van der Waals surface area contributed by atoms with Crippen LogP contribution in [0, 0.1) is 0 Å². The summed E-state index contributed by atoms with van der Waals surface area (Å²) in [5.74, 6) is -0.00296. The molecule has 0 saturated carbocycles. The maximum atomic E-state index is 14.0. The number of carbonyl (C=O) groups excluding carboxylic acids is 1. The summed E-state index contributed by atoms with van der Waals surface area (Å²) < 4.78 is 19.3. The van der Waals surface area contributed by atoms with Crippen molar-refractivity contribution >= 4 is 16.9 Å². The lowest BCUT2D eigenvalue weighted by molar-refractivity contribution is 0.0594. The van der Waals surface area contributed by atoms with Gasteiger partial charge in [0.15, 0.2) is 5.56 Å². The number of pyridine rings is 1. The maximum Gasteiger partial charge on any atom is 0.347 e. The number of aliphatic hydroxyl groups is 1. The molecule has 1 aliphatic rings. The van der Waals surface area contributed by atoms with Gasteiger partial charge < -0.3 is 33.6 Å². The molecule has 2 aromatic heterocycles. The topological polar surface area (TPSA) is 112 Å². The van der Waals surface area contributed by atoms with E-state index in [1.54, 1.807) is 26.4 Å². The van der Waals surface area contributed by atoms with Gasteiger partial charge in [-0.25, -0.2) is 4.79 Å². The summed E-state index contributed by atoms with van der Waals surface area (Å²) in [5.41, 5.74) is 4.29. The molecule has 0 aliphatic heterocycles. The lowest BCUT2D eigenvalue weighted by atomic mass is 9.92. The molecule has 2 aromatic carbocycles. The third-order valence-electron chi connectivity index (χ3n) is 7.84. The molecule has 4 aromatic rings. The van der Waals surface area contributed by atoms with Crippen LogP contribution in [0.5, 0.6) is 17.2 Å². The van der Waals surface area contributed by atoms with Gasteiger partial charge in [-0.2, -0.15) is 0 Å². The van der Waals surface area contributed by atoms with E-state index in [9.17, 15) is 19.8 Å². The molecule has 2 heterocycles. The van der Waals surface area contributed by atoms with Gasteiger partial charge in [0.1, 0.15) is 17.2 Å². The predicted octanol–water partition coefficient (Wildman–Crippen LogP) is 4.11. The van der Waals surface area contributed by atoms with Gasteiger partial charge in [-0.1, -0.05) is 6.92 Å². The molecule has 1 atom stereocenters. The first-order valence-electron chi connectivity index (χ1n) is 12.7. The molecule has 1 aliphatic carbocycles. The van der Waals surface area contributed by atoms with Crippen molar-refractivity contribution < 1.29 is 29.2 Å². The molecule has 0 spiro atoms. The highest BCUT2D eigenvalue weighted by molar-refractivity contribution is 5.95. The number of aromatic nitrogens is 2. The van der Waals surface area contributed by atoms with Gasteiger partial charge in [0.25, 0.3) is 5.56 Å². The Balaban J connectivity index is 1.86. The molecule has 0 fully saturated rings. The van der Waals surface area contributed by atoms with E-state index >= 15 is 0 Å². The van der Waals surface area contributed by atoms with Gasteiger partial charge >= 0.3 is 5.97 Å². The van der Waals surface area contributed by atoms with Gasteiger partial charge in [-0.05, 0) is 54.7 Å². The summed E-state index contributed by atoms with van der Waals surface area (Å²) in [4.78, 5) is 26.7. The highest BCUT2D eigenvalue weighted by Crippen LogP contribution is 2.44. The number of rotatable bonds is 6. The SMILES string of the molecule is COC(=O)c1c(O)c2c(n(Cc3ccc(OC)cc3OC)c1=O)-c1cc3cc(CO)n(C)c3cc1C(C)CC2. The molecule has 204 valence electrons. The third kappa shape index (κ3) is 4.23. The number of ether oxygens (including phenoxy) is 3. The largest absolute Gasteiger partial charge is 0.506 e. The zero-order valence-electron chi connectivity index (χ0n) is 22.7. The van der Waals surface area contributed by atoms with Crippen molar-refractivity contribution in [1.82, 2.24) is 9.13 Å². The minimum atomic E-state index is -0.889. The number of hydrogen-bond donors (Lipinski definition) is 2. The Labute approximate surface area is 225 Å². The molecule has 39 heavy (non-hydrogen) atoms. The number of aryl methyl sites for hydroxylation is 1. The van der Waals surface area contributed by atoms with E-state index in [4.69, 9.17) is 14.2 Å². The number of aromatic hydroxyl groups is 1. The highest BCUT2D eigenvalue weighted by atomic mass is 16.5. The van der Waals surface area contributed by atoms with Crippen molar-refractivity contribution in [3.05, 3.63) is 74.7 Å². The van der Waals surface area contributed by atoms with E-state index in [1.165, 1.54) is 11.7 Å². The van der Waals surface area contributed by atoms with E-state index in [-0.39, 0.29) is 30.4 Å². The number of aliphatic hydroxyl groups excluding tert-OH is 1. The van der Waals surface area contributed by atoms with Gasteiger partial charge in [0, 0.05) is 46.4 Å². The molecule has 1 unspecified atom stereocenters. The van der Waals surface area contributed by atoms with E-state index in [1.807, 2.05) is 29.8 Å². The monoisotopic (exact) mass is 532 g/mol. The smallest absolute Gasteiger partial charge is 0.347 e. The van der Waals surface area contributed by atoms with Crippen LogP contribution in [0.1, 0.15) is 52.0 Å². The summed E-state index contributed by atoms with van der Waals surface area (Å²) in [6.45, 7) is 2.09. The van der Waals surface area contributed by atoms with Gasteiger partial charge in [-0.3, -0.25) is 4.79 Å². The molecular weight excluding hydrogens is 500 g/mol. The van der Waals surface area contributed by atoms with Crippen LogP contribution in [0.25, 0.3) is 22.2 Å². The molecule has 2 N–H and O–H groups in total. The summed E-state index contributed by atoms with van der Waals surface area (Å²) in [6, 6.07) is 11.3. The molecule has 0 saturated heterocycles. The number of methoxy groups -OCH3 is 3. The van der Waals surface area contributed by atoms with Crippen molar-refractivity contribution in [2.45, 2.75) is 38.8 Å². The van der Waals surface area contributed by atoms with Crippen LogP contribution >= 0.6 is 0 Å². The number of esters is 1. The summed E-state index contributed by atoms with van der Waals surface area (Å²) >= 11 is 0. The van der Waals surface area contributed by atoms with Crippen LogP contribution in [0.2, 0.25) is 0 Å². The number of fused-ring (bicyclic) bond motifs is 4. The third-order valence-corrected chi connectivity index (χ3v) is 7.84. The molecule has 9 heteroatoms. The molecular formula is C30H32N2O7. The van der Waals surface area contributed by atoms with Crippen LogP contribution in [0.3, 0.4) is 0 Å². The minimum absolute atomic E-state index is 0.0845. The Morgan fingerprint density at radius 1 is 1.10 bits per heavy atom. The first-order chi connectivity index (χ1) is 18.7. The van der Waals surface area contributed by atoms with Crippen molar-refractivity contribution in [2.24, 2.45) is 7.05 Å². The fraction of sp³-hybridized carbons (Fsp3) is 0.333. The van der Waals surface area contributed by atoms with Crippen LogP contribution in [0.15, 0.2) is 41.2 Å². The average molecular weight is 533 g/mol. The van der Waals surface area contributed by atoms with E-state index in [2.05, 4.69) is 13.0 Å². The van der Waals surface area contributed by atoms with E-state index in [0.29, 0.717) is 41.2 Å². The second kappa shape index (κ2) is 10.1. The normalized spacial score (nSPS) is 14.5. The average Bonchev–Trinajstić information content (AvgIpc) is 3.18. The lowest BCUT2D eigenvalue weighted by Gasteiger charge is -2.22. The molecule has 0 radical (unpaired) electrons. The predicted molar refractivity (Wildman–Crippen MR) is 147 cm³/mol. The first-order valence-corrected chi connectivity index (χ1v) is 12.7. The number of carbonyl (C=O) groups is 1. The molecule has 0 amide bonds. The van der Waals surface area contributed by atoms with Gasteiger partial charge in [0.2, 0.25) is 0 Å². The fourth-order valence-corrected chi connectivity index (χ4v) is 5.64. The Morgan fingerprint density at radius 2 is 1.87 bits per heavy atom. The second-order valence-corrected chi connectivity index (χ2v) is 9.90. The molecule has 9 nitrogen and oxygen atoms in total. The van der Waals surface area contributed by atoms with Crippen molar-refractivity contribution in [2.75, 3.05) is 21.3 Å². The second-order valence-electron chi connectivity index (χ2n) is 9.90. The number of hydrogen-bond acceptors (Lipinski definition) is 7. The van der Waals surface area contributed by atoms with Crippen LogP contribution in [-0.2, 0) is 31.4 Å². The zero-order chi connectivity index (χ0) is 28.0. The Kier molecular flexibility index (Phi) is 6.86. The highest BCUT2D eigenvalue weighted by Gasteiger charge is 2.32. The van der Waals surface area contributed by atoms with Crippen molar-refractivity contribution in [3.63, 3.8) is 0 Å². The quantitative estimate of drug-likeness (QED) is 0.360. The zero-order valence-corrected chi connectivity index (χ0v) is 22.7. The van der Waals surface area contributed by atoms with Gasteiger partial charge in [-0.15, -0.1) is 0 Å². The minimum Gasteiger partial charge on any atom is -0.506 e. The number of benzene rings is 2. The van der Waals surface area contributed by atoms with Crippen LogP contribution in [-0.4, -0.2) is 46.6 Å². The fourth-order valence-electron chi connectivity index (χ4n) is 5.64. The summed E-state index contributed by atoms with van der Waals surface area (Å²) in [7, 11) is 6.20. The Hall–Kier alpha value is -4.24. The standard InChI is InChI=1S/C30H32N2O7/c1-16-6-9-21-27(23-11-18-10-19(15-33)31(2)24(18)13-22(16)23)32(29(35)26(28(21)34)30(36)39-5)14-17-7-8-20(37-3)12-25(17)38-4/h7-8,10-13,16,33-34H,6,9,14-15H2,1-5H3.